The topological polar surface area (TPSA) is 29.5 Å². The van der Waals surface area contributed by atoms with Crippen LogP contribution in [-0.2, 0) is 16.5 Å². The van der Waals surface area contributed by atoms with Crippen LogP contribution >= 0.6 is 0 Å². The average Bonchev–Trinajstić information content (AvgIpc) is 2.68. The Kier molecular flexibility index (Phi) is 2.87. The number of hydrogen-bond acceptors (Lipinski definition) is 2. The van der Waals surface area contributed by atoms with Crippen molar-refractivity contribution in [2.45, 2.75) is 49.7 Å². The maximum atomic E-state index is 13.0. The normalized spacial score (nSPS) is 34.5. The molecule has 1 aromatic rings. The molecule has 19 heavy (non-hydrogen) atoms. The molecule has 2 bridgehead atoms. The van der Waals surface area contributed by atoms with Crippen molar-refractivity contribution in [2.75, 3.05) is 0 Å². The molecule has 0 amide bonds. The molecule has 104 valence electrons. The lowest BCUT2D eigenvalue weighted by molar-refractivity contribution is -0.148. The highest BCUT2D eigenvalue weighted by atomic mass is 19.4. The zero-order chi connectivity index (χ0) is 13.7. The van der Waals surface area contributed by atoms with E-state index in [1.54, 1.807) is 6.07 Å². The Balaban J connectivity index is 2.02. The molecule has 2 aliphatic rings. The van der Waals surface area contributed by atoms with Crippen molar-refractivity contribution in [2.24, 2.45) is 0 Å². The predicted octanol–water partition coefficient (Wildman–Crippen LogP) is 3.23. The Morgan fingerprint density at radius 1 is 1.11 bits per heavy atom. The molecule has 2 atom stereocenters. The molecule has 1 aromatic carbocycles. The van der Waals surface area contributed by atoms with Gasteiger partial charge in [0.05, 0.1) is 23.4 Å². The third kappa shape index (κ3) is 2.25. The minimum Gasteiger partial charge on any atom is -0.385 e. The number of aliphatic hydroxyl groups is 1. The van der Waals surface area contributed by atoms with E-state index >= 15 is 0 Å². The maximum absolute atomic E-state index is 13.0. The smallest absolute Gasteiger partial charge is 0.385 e. The number of fused-ring (bicyclic) bond motifs is 2. The highest BCUT2D eigenvalue weighted by Gasteiger charge is 2.48. The lowest BCUT2D eigenvalue weighted by Crippen LogP contribution is -2.40. The molecule has 3 rings (SSSR count). The van der Waals surface area contributed by atoms with E-state index in [0.29, 0.717) is 0 Å². The van der Waals surface area contributed by atoms with E-state index in [1.807, 2.05) is 0 Å². The quantitative estimate of drug-likeness (QED) is 0.850. The van der Waals surface area contributed by atoms with Gasteiger partial charge in [0.15, 0.2) is 0 Å². The van der Waals surface area contributed by atoms with Gasteiger partial charge < -0.3 is 9.84 Å². The van der Waals surface area contributed by atoms with Crippen molar-refractivity contribution >= 4 is 0 Å². The van der Waals surface area contributed by atoms with E-state index in [-0.39, 0.29) is 30.6 Å². The molecule has 0 saturated carbocycles. The van der Waals surface area contributed by atoms with Gasteiger partial charge in [-0.15, -0.1) is 0 Å². The SMILES string of the molecule is OC1(c2ccccc2C(F)(F)F)CC2CCC(C1)O2. The lowest BCUT2D eigenvalue weighted by atomic mass is 9.81. The summed E-state index contributed by atoms with van der Waals surface area (Å²) in [7, 11) is 0. The second-order valence-corrected chi connectivity index (χ2v) is 5.44. The van der Waals surface area contributed by atoms with Crippen molar-refractivity contribution in [3.05, 3.63) is 35.4 Å². The number of rotatable bonds is 1. The van der Waals surface area contributed by atoms with E-state index < -0.39 is 17.3 Å². The third-order valence-electron chi connectivity index (χ3n) is 4.06. The molecule has 0 aromatic heterocycles. The van der Waals surface area contributed by atoms with E-state index in [2.05, 4.69) is 0 Å². The monoisotopic (exact) mass is 272 g/mol. The molecule has 2 aliphatic heterocycles. The lowest BCUT2D eigenvalue weighted by Gasteiger charge is -2.38. The van der Waals surface area contributed by atoms with Crippen LogP contribution < -0.4 is 0 Å². The number of hydrogen-bond donors (Lipinski definition) is 1. The number of alkyl halides is 3. The molecule has 2 saturated heterocycles. The van der Waals surface area contributed by atoms with Crippen LogP contribution in [-0.4, -0.2) is 17.3 Å². The summed E-state index contributed by atoms with van der Waals surface area (Å²) in [6, 6.07) is 5.31. The summed E-state index contributed by atoms with van der Waals surface area (Å²) in [5.74, 6) is 0. The molecule has 0 aliphatic carbocycles. The van der Waals surface area contributed by atoms with Crippen LogP contribution in [0.15, 0.2) is 24.3 Å². The van der Waals surface area contributed by atoms with Gasteiger partial charge in [0.25, 0.3) is 0 Å². The summed E-state index contributed by atoms with van der Waals surface area (Å²) in [5, 5.41) is 10.7. The van der Waals surface area contributed by atoms with Gasteiger partial charge in [-0.05, 0) is 24.5 Å². The van der Waals surface area contributed by atoms with Gasteiger partial charge in [0.2, 0.25) is 0 Å². The van der Waals surface area contributed by atoms with Crippen molar-refractivity contribution in [3.8, 4) is 0 Å². The maximum Gasteiger partial charge on any atom is 0.416 e. The van der Waals surface area contributed by atoms with Gasteiger partial charge in [-0.25, -0.2) is 0 Å². The Morgan fingerprint density at radius 2 is 1.68 bits per heavy atom. The Morgan fingerprint density at radius 3 is 2.26 bits per heavy atom. The fraction of sp³-hybridized carbons (Fsp3) is 0.571. The highest BCUT2D eigenvalue weighted by molar-refractivity contribution is 5.35. The summed E-state index contributed by atoms with van der Waals surface area (Å²) in [6.07, 6.45) is -2.55. The average molecular weight is 272 g/mol. The van der Waals surface area contributed by atoms with Crippen LogP contribution in [0.2, 0.25) is 0 Å². The van der Waals surface area contributed by atoms with Gasteiger partial charge in [-0.1, -0.05) is 18.2 Å². The molecule has 5 heteroatoms. The summed E-state index contributed by atoms with van der Waals surface area (Å²) in [6.45, 7) is 0. The molecule has 1 N–H and O–H groups in total. The van der Waals surface area contributed by atoms with Crippen molar-refractivity contribution in [1.82, 2.24) is 0 Å². The van der Waals surface area contributed by atoms with E-state index in [0.717, 1.165) is 18.9 Å². The zero-order valence-electron chi connectivity index (χ0n) is 10.3. The number of ether oxygens (including phenoxy) is 1. The standard InChI is InChI=1S/C14H15F3O2/c15-14(16,17)12-4-2-1-3-11(12)13(18)7-9-5-6-10(8-13)19-9/h1-4,9-10,18H,5-8H2. The van der Waals surface area contributed by atoms with Crippen molar-refractivity contribution < 1.29 is 23.0 Å². The summed E-state index contributed by atoms with van der Waals surface area (Å²) in [4.78, 5) is 0. The van der Waals surface area contributed by atoms with E-state index in [1.165, 1.54) is 12.1 Å². The molecule has 2 heterocycles. The second-order valence-electron chi connectivity index (χ2n) is 5.44. The zero-order valence-corrected chi connectivity index (χ0v) is 10.3. The van der Waals surface area contributed by atoms with Gasteiger partial charge >= 0.3 is 6.18 Å². The summed E-state index contributed by atoms with van der Waals surface area (Å²) in [5.41, 5.74) is -2.17. The van der Waals surface area contributed by atoms with Gasteiger partial charge in [-0.3, -0.25) is 0 Å². The van der Waals surface area contributed by atoms with Crippen molar-refractivity contribution in [1.29, 1.82) is 0 Å². The first kappa shape index (κ1) is 12.9. The summed E-state index contributed by atoms with van der Waals surface area (Å²) < 4.78 is 44.7. The highest BCUT2D eigenvalue weighted by Crippen LogP contribution is 2.47. The Hall–Kier alpha value is -1.07. The van der Waals surface area contributed by atoms with Gasteiger partial charge in [0, 0.05) is 12.8 Å². The first-order valence-corrected chi connectivity index (χ1v) is 6.43. The minimum atomic E-state index is -4.44. The number of halogens is 3. The van der Waals surface area contributed by atoms with Crippen LogP contribution in [0.3, 0.4) is 0 Å². The van der Waals surface area contributed by atoms with E-state index in [9.17, 15) is 18.3 Å². The Labute approximate surface area is 109 Å². The summed E-state index contributed by atoms with van der Waals surface area (Å²) >= 11 is 0. The number of benzene rings is 1. The molecule has 2 unspecified atom stereocenters. The molecular formula is C14H15F3O2. The fourth-order valence-electron chi connectivity index (χ4n) is 3.27. The fourth-order valence-corrected chi connectivity index (χ4v) is 3.27. The van der Waals surface area contributed by atoms with Crippen molar-refractivity contribution in [3.63, 3.8) is 0 Å². The third-order valence-corrected chi connectivity index (χ3v) is 4.06. The van der Waals surface area contributed by atoms with Crippen LogP contribution in [0.25, 0.3) is 0 Å². The molecule has 2 fully saturated rings. The first-order valence-electron chi connectivity index (χ1n) is 6.43. The van der Waals surface area contributed by atoms with Gasteiger partial charge in [-0.2, -0.15) is 13.2 Å². The second kappa shape index (κ2) is 4.21. The minimum absolute atomic E-state index is 0.0114. The largest absolute Gasteiger partial charge is 0.416 e. The van der Waals surface area contributed by atoms with Crippen LogP contribution in [0.4, 0.5) is 13.2 Å². The predicted molar refractivity (Wildman–Crippen MR) is 62.5 cm³/mol. The van der Waals surface area contributed by atoms with Crippen LogP contribution in [0, 0.1) is 0 Å². The molecule has 0 spiro atoms. The Bertz CT molecular complexity index is 472. The first-order chi connectivity index (χ1) is 8.88. The van der Waals surface area contributed by atoms with Crippen LogP contribution in [0.5, 0.6) is 0 Å². The molecule has 0 radical (unpaired) electrons. The van der Waals surface area contributed by atoms with Crippen LogP contribution in [0.1, 0.15) is 36.8 Å². The molecular weight excluding hydrogens is 257 g/mol. The molecule has 2 nitrogen and oxygen atoms in total. The van der Waals surface area contributed by atoms with Gasteiger partial charge in [0.1, 0.15) is 0 Å². The van der Waals surface area contributed by atoms with E-state index in [4.69, 9.17) is 4.74 Å².